The van der Waals surface area contributed by atoms with Crippen molar-refractivity contribution in [3.63, 3.8) is 0 Å². The molecule has 1 unspecified atom stereocenters. The van der Waals surface area contributed by atoms with E-state index in [2.05, 4.69) is 20.4 Å². The number of rotatable bonds is 9. The molecule has 4 heterocycles. The molecule has 3 aliphatic rings. The predicted octanol–water partition coefficient (Wildman–Crippen LogP) is 2.39. The maximum atomic E-state index is 13.5. The third kappa shape index (κ3) is 10.5. The zero-order valence-electron chi connectivity index (χ0n) is 25.7. The average molecular weight is 741 g/mol. The molecule has 6 N–H and O–H groups in total. The van der Waals surface area contributed by atoms with Crippen LogP contribution in [-0.4, -0.2) is 96.8 Å². The van der Waals surface area contributed by atoms with Crippen LogP contribution in [0.3, 0.4) is 0 Å². The number of allylic oxidation sites excluding steroid dienone is 1. The second-order valence-corrected chi connectivity index (χ2v) is 13.4. The summed E-state index contributed by atoms with van der Waals surface area (Å²) in [6.45, 7) is 1.38. The molecule has 0 radical (unpaired) electrons. The van der Waals surface area contributed by atoms with Crippen LogP contribution < -0.4 is 11.1 Å². The minimum absolute atomic E-state index is 0.0513. The van der Waals surface area contributed by atoms with Gasteiger partial charge in [0.05, 0.1) is 0 Å². The quantitative estimate of drug-likeness (QED) is 0.0470. The number of carbonyl (C=O) groups excluding carboxylic acids is 4. The molecule has 3 atom stereocenters. The molecule has 2 aromatic heterocycles. The fourth-order valence-corrected chi connectivity index (χ4v) is 6.83. The minimum atomic E-state index is -4.67. The van der Waals surface area contributed by atoms with E-state index in [1.807, 2.05) is 6.07 Å². The van der Waals surface area contributed by atoms with Gasteiger partial charge in [0.2, 0.25) is 6.29 Å². The highest BCUT2D eigenvalue weighted by molar-refractivity contribution is 8.00. The molecule has 264 valence electrons. The first-order valence-electron chi connectivity index (χ1n) is 14.5. The first-order valence-corrected chi connectivity index (χ1v) is 17.9. The number of esters is 1. The SMILES string of the molecule is CC(OC(=O)OC1CCCCC1)OC(=O)C1=C(/C=C\c2cccnc2)CS[C@H]2[C@H](NC(=O)C(=NO)c3csc(N)n3)C(=O)N12.O=S(=O)(O)O. The van der Waals surface area contributed by atoms with Crippen LogP contribution in [0.25, 0.3) is 6.08 Å². The maximum Gasteiger partial charge on any atom is 0.511 e. The second kappa shape index (κ2) is 16.7. The molecule has 2 aliphatic heterocycles. The van der Waals surface area contributed by atoms with Crippen LogP contribution in [0.4, 0.5) is 9.93 Å². The van der Waals surface area contributed by atoms with Crippen LogP contribution >= 0.6 is 23.1 Å². The number of fused-ring (bicyclic) bond motifs is 1. The molecule has 2 amide bonds. The van der Waals surface area contributed by atoms with E-state index in [9.17, 15) is 24.4 Å². The highest BCUT2D eigenvalue weighted by atomic mass is 32.3. The van der Waals surface area contributed by atoms with Crippen LogP contribution in [0.15, 0.2) is 52.4 Å². The van der Waals surface area contributed by atoms with Gasteiger partial charge in [-0.15, -0.1) is 23.1 Å². The molecule has 21 heteroatoms. The third-order valence-electron chi connectivity index (χ3n) is 7.07. The summed E-state index contributed by atoms with van der Waals surface area (Å²) in [5.41, 5.74) is 6.45. The fraction of sp³-hybridized carbons (Fsp3) is 0.393. The van der Waals surface area contributed by atoms with Gasteiger partial charge in [0.1, 0.15) is 28.9 Å². The van der Waals surface area contributed by atoms with Gasteiger partial charge in [0, 0.05) is 30.5 Å². The Bertz CT molecular complexity index is 1730. The standard InChI is InChI=1S/C28H30N6O8S2.H2O4S/c1-15(41-28(38)42-18-7-3-2-4-8-18)40-26(37)22-17(10-9-16-6-5-11-30-12-16)13-43-25-21(24(36)34(22)25)32-23(35)20(33-39)19-14-44-27(29)31-19;1-5(2,3)4/h5-6,9-12,14-15,18,21,25,39H,2-4,7-8,13H2,1H3,(H2,29,31)(H,32,35);(H2,1,2,3,4)/b10-9-,33-20?;/t15?,21-,25+;/m1./s1. The number of thiazole rings is 1. The molecule has 5 rings (SSSR count). The van der Waals surface area contributed by atoms with E-state index in [0.717, 1.165) is 49.0 Å². The third-order valence-corrected chi connectivity index (χ3v) is 9.05. The Kier molecular flexibility index (Phi) is 12.7. The number of nitrogen functional groups attached to an aromatic ring is 1. The summed E-state index contributed by atoms with van der Waals surface area (Å²) in [6.07, 6.45) is 8.72. The predicted molar refractivity (Wildman–Crippen MR) is 174 cm³/mol. The number of pyridine rings is 1. The van der Waals surface area contributed by atoms with E-state index in [-0.39, 0.29) is 28.4 Å². The molecule has 2 aromatic rings. The average Bonchev–Trinajstić information content (AvgIpc) is 3.47. The van der Waals surface area contributed by atoms with Gasteiger partial charge in [-0.25, -0.2) is 14.6 Å². The summed E-state index contributed by atoms with van der Waals surface area (Å²) in [4.78, 5) is 61.3. The lowest BCUT2D eigenvalue weighted by Gasteiger charge is -2.49. The number of aromatic nitrogens is 2. The number of hydrogen-bond donors (Lipinski definition) is 5. The Labute approximate surface area is 288 Å². The van der Waals surface area contributed by atoms with Crippen molar-refractivity contribution in [3.8, 4) is 0 Å². The summed E-state index contributed by atoms with van der Waals surface area (Å²) in [5, 5.41) is 16.0. The maximum absolute atomic E-state index is 13.5. The van der Waals surface area contributed by atoms with Crippen LogP contribution in [-0.2, 0) is 39.0 Å². The number of nitrogens with zero attached hydrogens (tertiary/aromatic N) is 4. The van der Waals surface area contributed by atoms with Crippen molar-refractivity contribution in [2.24, 2.45) is 5.16 Å². The van der Waals surface area contributed by atoms with Gasteiger partial charge in [-0.05, 0) is 42.9 Å². The van der Waals surface area contributed by atoms with Crippen molar-refractivity contribution < 1.29 is 56.1 Å². The first kappa shape index (κ1) is 37.3. The molecule has 1 aliphatic carbocycles. The number of anilines is 1. The minimum Gasteiger partial charge on any atom is -0.431 e. The van der Waals surface area contributed by atoms with Crippen molar-refractivity contribution in [2.45, 2.75) is 62.8 Å². The molecular weight excluding hydrogens is 709 g/mol. The lowest BCUT2D eigenvalue weighted by molar-refractivity contribution is -0.169. The van der Waals surface area contributed by atoms with Gasteiger partial charge in [0.15, 0.2) is 10.8 Å². The van der Waals surface area contributed by atoms with Gasteiger partial charge in [-0.3, -0.25) is 28.6 Å². The van der Waals surface area contributed by atoms with E-state index in [1.54, 1.807) is 30.6 Å². The van der Waals surface area contributed by atoms with Crippen LogP contribution in [0.5, 0.6) is 0 Å². The Morgan fingerprint density at radius 1 is 1.18 bits per heavy atom. The first-order chi connectivity index (χ1) is 23.2. The Hall–Kier alpha value is -4.57. The van der Waals surface area contributed by atoms with Gasteiger partial charge in [-0.1, -0.05) is 29.8 Å². The monoisotopic (exact) mass is 740 g/mol. The molecule has 1 saturated carbocycles. The van der Waals surface area contributed by atoms with Crippen molar-refractivity contribution in [2.75, 3.05) is 11.5 Å². The Morgan fingerprint density at radius 2 is 1.90 bits per heavy atom. The number of amides is 2. The number of ether oxygens (including phenoxy) is 3. The highest BCUT2D eigenvalue weighted by Gasteiger charge is 2.54. The zero-order chi connectivity index (χ0) is 35.7. The lowest BCUT2D eigenvalue weighted by atomic mass is 9.98. The number of oxime groups is 1. The van der Waals surface area contributed by atoms with E-state index in [0.29, 0.717) is 5.57 Å². The molecule has 1 saturated heterocycles. The second-order valence-electron chi connectivity index (χ2n) is 10.5. The van der Waals surface area contributed by atoms with E-state index < -0.39 is 57.8 Å². The molecule has 0 spiro atoms. The van der Waals surface area contributed by atoms with E-state index in [1.165, 1.54) is 29.0 Å². The van der Waals surface area contributed by atoms with Gasteiger partial charge in [0.25, 0.3) is 11.8 Å². The van der Waals surface area contributed by atoms with Crippen LogP contribution in [0.2, 0.25) is 0 Å². The molecule has 49 heavy (non-hydrogen) atoms. The number of nitrogens with two attached hydrogens (primary N) is 1. The number of thioether (sulfide) groups is 1. The van der Waals surface area contributed by atoms with Gasteiger partial charge < -0.3 is 30.5 Å². The van der Waals surface area contributed by atoms with E-state index >= 15 is 0 Å². The van der Waals surface area contributed by atoms with Crippen molar-refractivity contribution in [1.29, 1.82) is 0 Å². The zero-order valence-corrected chi connectivity index (χ0v) is 28.1. The highest BCUT2D eigenvalue weighted by Crippen LogP contribution is 2.41. The summed E-state index contributed by atoms with van der Waals surface area (Å²) in [6, 6.07) is 2.55. The summed E-state index contributed by atoms with van der Waals surface area (Å²) >= 11 is 2.37. The molecular formula is C28H32N6O12S3. The van der Waals surface area contributed by atoms with Crippen LogP contribution in [0, 0.1) is 0 Å². The molecule has 2 fully saturated rings. The largest absolute Gasteiger partial charge is 0.511 e. The topological polar surface area (TPSA) is 270 Å². The molecule has 0 bridgehead atoms. The lowest BCUT2D eigenvalue weighted by Crippen LogP contribution is -2.71. The van der Waals surface area contributed by atoms with Gasteiger partial charge >= 0.3 is 22.5 Å². The molecule has 18 nitrogen and oxygen atoms in total. The van der Waals surface area contributed by atoms with E-state index in [4.69, 9.17) is 37.5 Å². The van der Waals surface area contributed by atoms with Crippen LogP contribution in [0.1, 0.15) is 50.3 Å². The van der Waals surface area contributed by atoms with Crippen molar-refractivity contribution in [1.82, 2.24) is 20.2 Å². The Morgan fingerprint density at radius 3 is 2.51 bits per heavy atom. The number of β-lactam (4-membered cyclic amide) rings is 1. The fourth-order valence-electron chi connectivity index (χ4n) is 4.96. The number of hydrogen-bond acceptors (Lipinski definition) is 16. The van der Waals surface area contributed by atoms with Gasteiger partial charge in [-0.2, -0.15) is 8.42 Å². The van der Waals surface area contributed by atoms with Crippen molar-refractivity contribution >= 4 is 74.4 Å². The molecule has 0 aromatic carbocycles. The summed E-state index contributed by atoms with van der Waals surface area (Å²) < 4.78 is 47.5. The number of carbonyl (C=O) groups is 4. The van der Waals surface area contributed by atoms with Crippen molar-refractivity contribution in [3.05, 3.63) is 58.5 Å². The summed E-state index contributed by atoms with van der Waals surface area (Å²) in [5.74, 6) is -2.04. The number of nitrogens with one attached hydrogen (secondary N) is 1. The summed E-state index contributed by atoms with van der Waals surface area (Å²) in [7, 11) is -4.67. The normalized spacial score (nSPS) is 20.3. The Balaban J connectivity index is 0.00000101. The smallest absolute Gasteiger partial charge is 0.431 e.